The predicted molar refractivity (Wildman–Crippen MR) is 72.0 cm³/mol. The Balaban J connectivity index is 2.04. The fourth-order valence-electron chi connectivity index (χ4n) is 1.98. The number of hydrogen-bond donors (Lipinski definition) is 1. The fourth-order valence-corrected chi connectivity index (χ4v) is 2.96. The summed E-state index contributed by atoms with van der Waals surface area (Å²) in [6.07, 6.45) is -1.14. The van der Waals surface area contributed by atoms with Crippen LogP contribution in [0.2, 0.25) is 0 Å². The number of nitriles is 1. The van der Waals surface area contributed by atoms with Crippen LogP contribution in [0.5, 0.6) is 0 Å². The van der Waals surface area contributed by atoms with Gasteiger partial charge in [0.05, 0.1) is 17.6 Å². The quantitative estimate of drug-likeness (QED) is 0.837. The second-order valence-electron chi connectivity index (χ2n) is 5.06. The summed E-state index contributed by atoms with van der Waals surface area (Å²) in [5, 5.41) is 17.8. The number of benzene rings is 1. The lowest BCUT2D eigenvalue weighted by Gasteiger charge is -2.43. The summed E-state index contributed by atoms with van der Waals surface area (Å²) in [6.45, 7) is 1.37. The van der Waals surface area contributed by atoms with Gasteiger partial charge in [0, 0.05) is 13.1 Å². The van der Waals surface area contributed by atoms with E-state index in [2.05, 4.69) is 0 Å². The molecule has 1 amide bonds. The van der Waals surface area contributed by atoms with Gasteiger partial charge in [-0.05, 0) is 19.1 Å². The third-order valence-corrected chi connectivity index (χ3v) is 4.57. The zero-order chi connectivity index (χ0) is 15.7. The molecule has 21 heavy (non-hydrogen) atoms. The molecule has 1 aromatic carbocycles. The highest BCUT2D eigenvalue weighted by molar-refractivity contribution is 7.86. The Bertz CT molecular complexity index is 684. The maximum Gasteiger partial charge on any atom is 0.407 e. The Kier molecular flexibility index (Phi) is 3.89. The molecule has 0 radical (unpaired) electrons. The van der Waals surface area contributed by atoms with Crippen molar-refractivity contribution in [1.82, 2.24) is 4.90 Å². The van der Waals surface area contributed by atoms with Gasteiger partial charge in [-0.1, -0.05) is 17.7 Å². The Hall–Kier alpha value is -2.11. The minimum absolute atomic E-state index is 0.00982. The van der Waals surface area contributed by atoms with Gasteiger partial charge in [-0.2, -0.15) is 13.7 Å². The number of nitrogens with zero attached hydrogens (tertiary/aromatic N) is 2. The Morgan fingerprint density at radius 1 is 1.43 bits per heavy atom. The van der Waals surface area contributed by atoms with E-state index in [9.17, 15) is 13.2 Å². The third-order valence-electron chi connectivity index (χ3n) is 3.29. The topological polar surface area (TPSA) is 108 Å². The number of carboxylic acid groups (broad SMARTS) is 1. The molecule has 0 spiro atoms. The summed E-state index contributed by atoms with van der Waals surface area (Å²) in [7, 11) is -3.95. The summed E-state index contributed by atoms with van der Waals surface area (Å²) in [4.78, 5) is 11.7. The lowest BCUT2D eigenvalue weighted by molar-refractivity contribution is 0.0187. The van der Waals surface area contributed by atoms with Gasteiger partial charge in [-0.3, -0.25) is 4.18 Å². The van der Waals surface area contributed by atoms with E-state index in [0.717, 1.165) is 10.5 Å². The maximum atomic E-state index is 12.0. The first-order chi connectivity index (χ1) is 9.78. The third kappa shape index (κ3) is 3.15. The van der Waals surface area contributed by atoms with Crippen LogP contribution in [0.15, 0.2) is 29.2 Å². The SMILES string of the molecule is Cc1ccc(S(=O)(=O)OCC2(C#N)CN(C(=O)O)C2)cc1. The molecule has 1 heterocycles. The summed E-state index contributed by atoms with van der Waals surface area (Å²) in [5.74, 6) is 0. The molecule has 0 atom stereocenters. The highest BCUT2D eigenvalue weighted by Crippen LogP contribution is 2.31. The van der Waals surface area contributed by atoms with Crippen LogP contribution < -0.4 is 0 Å². The standard InChI is InChI=1S/C13H14N2O5S/c1-10-2-4-11(5-3-10)21(18,19)20-9-13(6-14)7-15(8-13)12(16)17/h2-5H,7-9H2,1H3,(H,16,17). The molecule has 2 rings (SSSR count). The van der Waals surface area contributed by atoms with Gasteiger partial charge in [0.2, 0.25) is 0 Å². The second kappa shape index (κ2) is 5.35. The van der Waals surface area contributed by atoms with Crippen molar-refractivity contribution >= 4 is 16.2 Å². The van der Waals surface area contributed by atoms with E-state index in [-0.39, 0.29) is 24.6 Å². The number of carbonyl (C=O) groups is 1. The molecular weight excluding hydrogens is 296 g/mol. The average Bonchev–Trinajstić information content (AvgIpc) is 2.38. The smallest absolute Gasteiger partial charge is 0.407 e. The zero-order valence-corrected chi connectivity index (χ0v) is 12.1. The van der Waals surface area contributed by atoms with Crippen molar-refractivity contribution < 1.29 is 22.5 Å². The van der Waals surface area contributed by atoms with Crippen molar-refractivity contribution in [3.05, 3.63) is 29.8 Å². The molecule has 0 aromatic heterocycles. The Morgan fingerprint density at radius 2 is 2.00 bits per heavy atom. The molecule has 1 saturated heterocycles. The van der Waals surface area contributed by atoms with Crippen molar-refractivity contribution in [2.75, 3.05) is 19.7 Å². The van der Waals surface area contributed by atoms with E-state index >= 15 is 0 Å². The highest BCUT2D eigenvalue weighted by atomic mass is 32.2. The van der Waals surface area contributed by atoms with Crippen LogP contribution >= 0.6 is 0 Å². The molecule has 7 nitrogen and oxygen atoms in total. The van der Waals surface area contributed by atoms with Crippen LogP contribution in [0.4, 0.5) is 4.79 Å². The van der Waals surface area contributed by atoms with Crippen molar-refractivity contribution in [3.8, 4) is 6.07 Å². The molecule has 1 N–H and O–H groups in total. The van der Waals surface area contributed by atoms with Crippen molar-refractivity contribution in [1.29, 1.82) is 5.26 Å². The Morgan fingerprint density at radius 3 is 2.48 bits per heavy atom. The van der Waals surface area contributed by atoms with E-state index in [1.807, 2.05) is 13.0 Å². The predicted octanol–water partition coefficient (Wildman–Crippen LogP) is 1.20. The van der Waals surface area contributed by atoms with E-state index in [0.29, 0.717) is 0 Å². The minimum Gasteiger partial charge on any atom is -0.465 e. The summed E-state index contributed by atoms with van der Waals surface area (Å²) in [5.41, 5.74) is -0.186. The first kappa shape index (κ1) is 15.3. The minimum atomic E-state index is -3.95. The van der Waals surface area contributed by atoms with Crippen LogP contribution in [-0.4, -0.2) is 44.2 Å². The van der Waals surface area contributed by atoms with Gasteiger partial charge < -0.3 is 10.0 Å². The van der Waals surface area contributed by atoms with Crippen molar-refractivity contribution in [2.45, 2.75) is 11.8 Å². The largest absolute Gasteiger partial charge is 0.465 e. The molecule has 0 unspecified atom stereocenters. The monoisotopic (exact) mass is 310 g/mol. The molecule has 1 aliphatic heterocycles. The molecule has 0 saturated carbocycles. The first-order valence-corrected chi connectivity index (χ1v) is 7.54. The normalized spacial score (nSPS) is 16.9. The van der Waals surface area contributed by atoms with Gasteiger partial charge in [-0.25, -0.2) is 4.79 Å². The Labute approximate surface area is 122 Å². The van der Waals surface area contributed by atoms with E-state index in [4.69, 9.17) is 14.6 Å². The number of likely N-dealkylation sites (tertiary alicyclic amines) is 1. The van der Waals surface area contributed by atoms with Gasteiger partial charge in [0.15, 0.2) is 0 Å². The fraction of sp³-hybridized carbons (Fsp3) is 0.385. The summed E-state index contributed by atoms with van der Waals surface area (Å²) in [6, 6.07) is 8.08. The zero-order valence-electron chi connectivity index (χ0n) is 11.3. The molecule has 8 heteroatoms. The second-order valence-corrected chi connectivity index (χ2v) is 6.68. The van der Waals surface area contributed by atoms with Crippen molar-refractivity contribution in [2.24, 2.45) is 5.41 Å². The number of hydrogen-bond acceptors (Lipinski definition) is 5. The maximum absolute atomic E-state index is 12.0. The van der Waals surface area contributed by atoms with Gasteiger partial charge >= 0.3 is 6.09 Å². The van der Waals surface area contributed by atoms with Gasteiger partial charge in [0.1, 0.15) is 5.41 Å². The first-order valence-electron chi connectivity index (χ1n) is 6.13. The lowest BCUT2D eigenvalue weighted by Crippen LogP contribution is -2.59. The van der Waals surface area contributed by atoms with Gasteiger partial charge in [-0.15, -0.1) is 0 Å². The van der Waals surface area contributed by atoms with Crippen LogP contribution in [0.25, 0.3) is 0 Å². The molecule has 0 bridgehead atoms. The van der Waals surface area contributed by atoms with E-state index < -0.39 is 21.6 Å². The van der Waals surface area contributed by atoms with Crippen LogP contribution in [0, 0.1) is 23.7 Å². The summed E-state index contributed by atoms with van der Waals surface area (Å²) >= 11 is 0. The van der Waals surface area contributed by atoms with Crippen LogP contribution in [-0.2, 0) is 14.3 Å². The summed E-state index contributed by atoms with van der Waals surface area (Å²) < 4.78 is 28.9. The van der Waals surface area contributed by atoms with E-state index in [1.54, 1.807) is 12.1 Å². The molecule has 1 aliphatic rings. The molecule has 112 valence electrons. The van der Waals surface area contributed by atoms with E-state index in [1.165, 1.54) is 12.1 Å². The van der Waals surface area contributed by atoms with Gasteiger partial charge in [0.25, 0.3) is 10.1 Å². The van der Waals surface area contributed by atoms with Crippen LogP contribution in [0.1, 0.15) is 5.56 Å². The lowest BCUT2D eigenvalue weighted by atomic mass is 9.83. The highest BCUT2D eigenvalue weighted by Gasteiger charge is 2.47. The molecule has 1 fully saturated rings. The molecule has 1 aromatic rings. The molecular formula is C13H14N2O5S. The van der Waals surface area contributed by atoms with Crippen LogP contribution in [0.3, 0.4) is 0 Å². The number of aryl methyl sites for hydroxylation is 1. The number of amides is 1. The molecule has 0 aliphatic carbocycles. The average molecular weight is 310 g/mol. The van der Waals surface area contributed by atoms with Crippen molar-refractivity contribution in [3.63, 3.8) is 0 Å². The number of rotatable bonds is 4.